The first-order chi connectivity index (χ1) is 8.78. The molecule has 0 aliphatic carbocycles. The zero-order valence-electron chi connectivity index (χ0n) is 10.1. The van der Waals surface area contributed by atoms with Crippen molar-refractivity contribution < 1.29 is 4.74 Å². The Hall–Kier alpha value is -1.82. The molecule has 0 amide bonds. The predicted molar refractivity (Wildman–Crippen MR) is 74.4 cm³/mol. The van der Waals surface area contributed by atoms with Crippen LogP contribution in [0.3, 0.4) is 0 Å². The number of benzene rings is 1. The van der Waals surface area contributed by atoms with Crippen molar-refractivity contribution in [3.8, 4) is 5.75 Å². The van der Waals surface area contributed by atoms with Crippen LogP contribution in [0.15, 0.2) is 38.8 Å². The fourth-order valence-electron chi connectivity index (χ4n) is 1.76. The van der Waals surface area contributed by atoms with Gasteiger partial charge in [0.05, 0.1) is 31.3 Å². The predicted octanol–water partition coefficient (Wildman–Crippen LogP) is 2.15. The lowest BCUT2D eigenvalue weighted by molar-refractivity contribution is 0.415. The minimum atomic E-state index is 0.591. The summed E-state index contributed by atoms with van der Waals surface area (Å²) >= 11 is 1.37. The molecule has 0 radical (unpaired) electrons. The Morgan fingerprint density at radius 2 is 2.06 bits per heavy atom. The highest BCUT2D eigenvalue weighted by Gasteiger charge is 2.25. The van der Waals surface area contributed by atoms with E-state index in [0.717, 1.165) is 28.0 Å². The second-order valence-corrected chi connectivity index (χ2v) is 4.65. The van der Waals surface area contributed by atoms with Crippen molar-refractivity contribution >= 4 is 28.7 Å². The van der Waals surface area contributed by atoms with E-state index in [0.29, 0.717) is 6.54 Å². The number of nitrogens with zero attached hydrogens (tertiary/aromatic N) is 4. The minimum Gasteiger partial charge on any atom is -0.497 e. The van der Waals surface area contributed by atoms with Gasteiger partial charge in [0, 0.05) is 0 Å². The standard InChI is InChI=1S/C12H12N4OS/c1-8-15-18-12-13-7-11(14-16(8)12)9-3-5-10(17-2)6-4-9/h3-6H,7H2,1-2H3. The highest BCUT2D eigenvalue weighted by Crippen LogP contribution is 2.24. The summed E-state index contributed by atoms with van der Waals surface area (Å²) in [6, 6.07) is 7.84. The van der Waals surface area contributed by atoms with Crippen LogP contribution in [0.5, 0.6) is 5.75 Å². The van der Waals surface area contributed by atoms with E-state index < -0.39 is 0 Å². The van der Waals surface area contributed by atoms with Crippen LogP contribution in [-0.2, 0) is 0 Å². The summed E-state index contributed by atoms with van der Waals surface area (Å²) in [5, 5.41) is 7.21. The molecule has 0 bridgehead atoms. The van der Waals surface area contributed by atoms with Gasteiger partial charge in [-0.15, -0.1) is 0 Å². The number of hydrazone groups is 1. The largest absolute Gasteiger partial charge is 0.497 e. The molecule has 6 heteroatoms. The zero-order valence-corrected chi connectivity index (χ0v) is 10.9. The summed E-state index contributed by atoms with van der Waals surface area (Å²) in [6.07, 6.45) is 0. The molecule has 5 nitrogen and oxygen atoms in total. The van der Waals surface area contributed by atoms with Crippen LogP contribution in [0, 0.1) is 0 Å². The summed E-state index contributed by atoms with van der Waals surface area (Å²) < 4.78 is 9.38. The van der Waals surface area contributed by atoms with E-state index in [1.165, 1.54) is 11.9 Å². The van der Waals surface area contributed by atoms with Gasteiger partial charge in [-0.3, -0.25) is 4.99 Å². The molecule has 0 spiro atoms. The Kier molecular flexibility index (Phi) is 2.79. The molecule has 0 N–H and O–H groups in total. The summed E-state index contributed by atoms with van der Waals surface area (Å²) in [5.74, 6) is 1.71. The number of rotatable bonds is 2. The number of aliphatic imine (C=N–C) groups is 1. The molecule has 0 fully saturated rings. The van der Waals surface area contributed by atoms with Crippen molar-refractivity contribution in [2.75, 3.05) is 13.7 Å². The molecular formula is C12H12N4OS. The fourth-order valence-corrected chi connectivity index (χ4v) is 2.42. The number of amidine groups is 2. The molecular weight excluding hydrogens is 248 g/mol. The van der Waals surface area contributed by atoms with Crippen LogP contribution in [0.1, 0.15) is 12.5 Å². The van der Waals surface area contributed by atoms with Crippen LogP contribution < -0.4 is 4.74 Å². The zero-order chi connectivity index (χ0) is 12.5. The average Bonchev–Trinajstić information content (AvgIpc) is 2.80. The molecule has 92 valence electrons. The van der Waals surface area contributed by atoms with Gasteiger partial charge < -0.3 is 4.74 Å². The van der Waals surface area contributed by atoms with E-state index >= 15 is 0 Å². The third kappa shape index (κ3) is 1.88. The first-order valence-corrected chi connectivity index (χ1v) is 6.33. The van der Waals surface area contributed by atoms with Crippen LogP contribution >= 0.6 is 11.9 Å². The highest BCUT2D eigenvalue weighted by molar-refractivity contribution is 8.13. The first-order valence-electron chi connectivity index (χ1n) is 5.56. The van der Waals surface area contributed by atoms with Crippen LogP contribution in [0.2, 0.25) is 0 Å². The molecule has 1 aromatic rings. The highest BCUT2D eigenvalue weighted by atomic mass is 32.2. The van der Waals surface area contributed by atoms with Gasteiger partial charge in [0.15, 0.2) is 0 Å². The van der Waals surface area contributed by atoms with E-state index in [9.17, 15) is 0 Å². The normalized spacial score (nSPS) is 17.9. The Morgan fingerprint density at radius 3 is 2.78 bits per heavy atom. The van der Waals surface area contributed by atoms with Crippen LogP contribution in [-0.4, -0.2) is 35.4 Å². The van der Waals surface area contributed by atoms with Gasteiger partial charge >= 0.3 is 0 Å². The molecule has 0 aromatic heterocycles. The molecule has 0 saturated carbocycles. The van der Waals surface area contributed by atoms with Gasteiger partial charge in [-0.1, -0.05) is 0 Å². The van der Waals surface area contributed by atoms with Crippen molar-refractivity contribution in [1.29, 1.82) is 0 Å². The van der Waals surface area contributed by atoms with Gasteiger partial charge in [-0.05, 0) is 36.8 Å². The van der Waals surface area contributed by atoms with Gasteiger partial charge in [0.2, 0.25) is 5.17 Å². The molecule has 3 rings (SSSR count). The lowest BCUT2D eigenvalue weighted by Gasteiger charge is -2.18. The second kappa shape index (κ2) is 4.45. The van der Waals surface area contributed by atoms with Gasteiger partial charge in [0.25, 0.3) is 0 Å². The smallest absolute Gasteiger partial charge is 0.209 e. The summed E-state index contributed by atoms with van der Waals surface area (Å²) in [4.78, 5) is 4.47. The molecule has 1 aromatic carbocycles. The van der Waals surface area contributed by atoms with E-state index in [1.54, 1.807) is 12.1 Å². The lowest BCUT2D eigenvalue weighted by Crippen LogP contribution is -2.30. The molecule has 0 saturated heterocycles. The number of fused-ring (bicyclic) bond motifs is 1. The van der Waals surface area contributed by atoms with E-state index in [2.05, 4.69) is 14.5 Å². The van der Waals surface area contributed by atoms with E-state index in [4.69, 9.17) is 4.74 Å². The Labute approximate surface area is 109 Å². The topological polar surface area (TPSA) is 49.5 Å². The number of ether oxygens (including phenoxy) is 1. The minimum absolute atomic E-state index is 0.591. The molecule has 0 unspecified atom stereocenters. The van der Waals surface area contributed by atoms with Gasteiger partial charge in [-0.2, -0.15) is 14.5 Å². The number of hydrogen-bond acceptors (Lipinski definition) is 6. The maximum atomic E-state index is 5.14. The maximum Gasteiger partial charge on any atom is 0.209 e. The SMILES string of the molecule is COc1ccc(C2=NN3C(C)=NSC3=NC2)cc1. The summed E-state index contributed by atoms with van der Waals surface area (Å²) in [5.41, 5.74) is 2.00. The first kappa shape index (κ1) is 11.3. The van der Waals surface area contributed by atoms with Crippen molar-refractivity contribution in [2.45, 2.75) is 6.92 Å². The third-order valence-electron chi connectivity index (χ3n) is 2.76. The quantitative estimate of drug-likeness (QED) is 0.766. The van der Waals surface area contributed by atoms with Crippen molar-refractivity contribution in [3.63, 3.8) is 0 Å². The van der Waals surface area contributed by atoms with Gasteiger partial charge in [-0.25, -0.2) is 0 Å². The fraction of sp³-hybridized carbons (Fsp3) is 0.250. The molecule has 2 aliphatic rings. The third-order valence-corrected chi connectivity index (χ3v) is 3.58. The van der Waals surface area contributed by atoms with Crippen LogP contribution in [0.4, 0.5) is 0 Å². The Bertz CT molecular complexity index is 562. The molecule has 2 aliphatic heterocycles. The summed E-state index contributed by atoms with van der Waals surface area (Å²) in [6.45, 7) is 2.52. The molecule has 0 atom stereocenters. The Balaban J connectivity index is 1.89. The number of methoxy groups -OCH3 is 1. The van der Waals surface area contributed by atoms with Crippen molar-refractivity contribution in [3.05, 3.63) is 29.8 Å². The van der Waals surface area contributed by atoms with E-state index in [1.807, 2.05) is 31.2 Å². The van der Waals surface area contributed by atoms with Gasteiger partial charge in [0.1, 0.15) is 11.6 Å². The monoisotopic (exact) mass is 260 g/mol. The second-order valence-electron chi connectivity index (χ2n) is 3.92. The number of hydrogen-bond donors (Lipinski definition) is 0. The van der Waals surface area contributed by atoms with Crippen LogP contribution in [0.25, 0.3) is 0 Å². The molecule has 18 heavy (non-hydrogen) atoms. The lowest BCUT2D eigenvalue weighted by atomic mass is 10.1. The molecule has 2 heterocycles. The van der Waals surface area contributed by atoms with Crippen molar-refractivity contribution in [2.24, 2.45) is 14.5 Å². The van der Waals surface area contributed by atoms with Crippen molar-refractivity contribution in [1.82, 2.24) is 5.01 Å². The maximum absolute atomic E-state index is 5.14. The summed E-state index contributed by atoms with van der Waals surface area (Å²) in [7, 11) is 1.66. The average molecular weight is 260 g/mol. The van der Waals surface area contributed by atoms with E-state index in [-0.39, 0.29) is 0 Å². The Morgan fingerprint density at radius 1 is 1.28 bits per heavy atom.